The molecule has 0 radical (unpaired) electrons. The van der Waals surface area contributed by atoms with Gasteiger partial charge in [-0.3, -0.25) is 14.5 Å². The first-order valence-electron chi connectivity index (χ1n) is 9.23. The van der Waals surface area contributed by atoms with Gasteiger partial charge >= 0.3 is 0 Å². The van der Waals surface area contributed by atoms with Crippen LogP contribution in [0.4, 0.5) is 0 Å². The molecule has 1 saturated heterocycles. The number of hydrogen-bond donors (Lipinski definition) is 2. The summed E-state index contributed by atoms with van der Waals surface area (Å²) in [6.07, 6.45) is 2.46. The van der Waals surface area contributed by atoms with Crippen molar-refractivity contribution in [3.05, 3.63) is 57.1 Å². The van der Waals surface area contributed by atoms with Crippen molar-refractivity contribution in [1.29, 1.82) is 0 Å². The number of thiocarbonyl (C=S) groups is 1. The van der Waals surface area contributed by atoms with Crippen LogP contribution in [0.5, 0.6) is 5.75 Å². The lowest BCUT2D eigenvalue weighted by Crippen LogP contribution is -2.51. The Morgan fingerprint density at radius 2 is 2.00 bits per heavy atom. The maximum atomic E-state index is 13.0. The van der Waals surface area contributed by atoms with E-state index in [9.17, 15) is 14.7 Å². The Labute approximate surface area is 183 Å². The summed E-state index contributed by atoms with van der Waals surface area (Å²) in [7, 11) is 0. The molecule has 2 amide bonds. The molecule has 29 heavy (non-hydrogen) atoms. The Kier molecular flexibility index (Phi) is 7.10. The molecule has 2 heterocycles. The largest absolute Gasteiger partial charge is 0.508 e. The van der Waals surface area contributed by atoms with Gasteiger partial charge in [-0.2, -0.15) is 0 Å². The number of aromatic hydroxyl groups is 1. The number of thioether (sulfide) groups is 1. The number of nitrogens with zero attached hydrogens (tertiary/aromatic N) is 1. The van der Waals surface area contributed by atoms with Crippen LogP contribution in [0.2, 0.25) is 0 Å². The number of nitrogens with one attached hydrogen (secondary N) is 1. The Bertz CT molecular complexity index is 921. The van der Waals surface area contributed by atoms with Crippen molar-refractivity contribution in [2.45, 2.75) is 26.3 Å². The molecule has 5 nitrogen and oxygen atoms in total. The zero-order valence-corrected chi connectivity index (χ0v) is 18.6. The van der Waals surface area contributed by atoms with E-state index >= 15 is 0 Å². The van der Waals surface area contributed by atoms with Gasteiger partial charge in [-0.15, -0.1) is 11.3 Å². The van der Waals surface area contributed by atoms with E-state index in [-0.39, 0.29) is 23.5 Å². The first-order chi connectivity index (χ1) is 13.9. The van der Waals surface area contributed by atoms with Gasteiger partial charge in [0.15, 0.2) is 0 Å². The number of carbonyl (C=O) groups is 2. The van der Waals surface area contributed by atoms with Crippen LogP contribution >= 0.6 is 35.3 Å². The van der Waals surface area contributed by atoms with Crippen LogP contribution in [0.3, 0.4) is 0 Å². The minimum atomic E-state index is -0.656. The normalized spacial score (nSPS) is 16.7. The number of amides is 2. The van der Waals surface area contributed by atoms with E-state index in [4.69, 9.17) is 12.2 Å². The fraction of sp³-hybridized carbons (Fsp3) is 0.286. The number of phenolic OH excluding ortho intramolecular Hbond substituents is 1. The SMILES string of the molecule is CC(C)[C@@H](C(=O)NCCc1ccc(O)cc1)N1C(=O)/C(=C\c2cccs2)SC1=S. The summed E-state index contributed by atoms with van der Waals surface area (Å²) >= 11 is 8.22. The molecule has 8 heteroatoms. The van der Waals surface area contributed by atoms with E-state index in [0.717, 1.165) is 10.4 Å². The first-order valence-corrected chi connectivity index (χ1v) is 11.3. The Morgan fingerprint density at radius 1 is 1.28 bits per heavy atom. The average Bonchev–Trinajstić information content (AvgIpc) is 3.27. The fourth-order valence-corrected chi connectivity index (χ4v) is 5.09. The van der Waals surface area contributed by atoms with Crippen molar-refractivity contribution in [3.63, 3.8) is 0 Å². The summed E-state index contributed by atoms with van der Waals surface area (Å²) in [5.74, 6) is -0.317. The molecule has 0 aliphatic carbocycles. The van der Waals surface area contributed by atoms with Gasteiger partial charge in [0.05, 0.1) is 4.91 Å². The van der Waals surface area contributed by atoms with Gasteiger partial charge in [-0.25, -0.2) is 0 Å². The second-order valence-corrected chi connectivity index (χ2v) is 9.62. The highest BCUT2D eigenvalue weighted by atomic mass is 32.2. The van der Waals surface area contributed by atoms with E-state index in [1.165, 1.54) is 16.7 Å². The molecule has 0 unspecified atom stereocenters. The Morgan fingerprint density at radius 3 is 2.62 bits per heavy atom. The van der Waals surface area contributed by atoms with Gasteiger partial charge in [-0.1, -0.05) is 56.0 Å². The summed E-state index contributed by atoms with van der Waals surface area (Å²) < 4.78 is 0.408. The molecule has 3 rings (SSSR count). The van der Waals surface area contributed by atoms with Crippen molar-refractivity contribution in [3.8, 4) is 5.75 Å². The molecule has 1 aliphatic heterocycles. The lowest BCUT2D eigenvalue weighted by atomic mass is 10.0. The summed E-state index contributed by atoms with van der Waals surface area (Å²) in [5.41, 5.74) is 1.01. The number of rotatable bonds is 7. The number of phenols is 1. The molecule has 1 aromatic heterocycles. The van der Waals surface area contributed by atoms with E-state index in [2.05, 4.69) is 5.32 Å². The monoisotopic (exact) mass is 446 g/mol. The van der Waals surface area contributed by atoms with Crippen molar-refractivity contribution >= 4 is 57.5 Å². The third-order valence-electron chi connectivity index (χ3n) is 4.47. The predicted octanol–water partition coefficient (Wildman–Crippen LogP) is 4.04. The Hall–Kier alpha value is -2.16. The van der Waals surface area contributed by atoms with Crippen molar-refractivity contribution in [1.82, 2.24) is 10.2 Å². The van der Waals surface area contributed by atoms with E-state index in [1.807, 2.05) is 49.6 Å². The molecule has 1 fully saturated rings. The van der Waals surface area contributed by atoms with Crippen LogP contribution in [0.25, 0.3) is 6.08 Å². The number of hydrogen-bond acceptors (Lipinski definition) is 6. The highest BCUT2D eigenvalue weighted by Gasteiger charge is 2.41. The van der Waals surface area contributed by atoms with E-state index < -0.39 is 6.04 Å². The van der Waals surface area contributed by atoms with Crippen LogP contribution in [-0.4, -0.2) is 38.7 Å². The molecule has 1 aliphatic rings. The predicted molar refractivity (Wildman–Crippen MR) is 123 cm³/mol. The lowest BCUT2D eigenvalue weighted by Gasteiger charge is -2.29. The van der Waals surface area contributed by atoms with Crippen LogP contribution in [0.1, 0.15) is 24.3 Å². The smallest absolute Gasteiger partial charge is 0.266 e. The third-order valence-corrected chi connectivity index (χ3v) is 6.62. The minimum absolute atomic E-state index is 0.0905. The average molecular weight is 447 g/mol. The van der Waals surface area contributed by atoms with Crippen molar-refractivity contribution < 1.29 is 14.7 Å². The summed E-state index contributed by atoms with van der Waals surface area (Å²) in [6, 6.07) is 10.1. The van der Waals surface area contributed by atoms with Gasteiger partial charge in [0.2, 0.25) is 5.91 Å². The zero-order valence-electron chi connectivity index (χ0n) is 16.1. The van der Waals surface area contributed by atoms with Crippen molar-refractivity contribution in [2.24, 2.45) is 5.92 Å². The first kappa shape index (κ1) is 21.5. The molecule has 2 aromatic rings. The quantitative estimate of drug-likeness (QED) is 0.496. The summed E-state index contributed by atoms with van der Waals surface area (Å²) in [6.45, 7) is 4.25. The summed E-state index contributed by atoms with van der Waals surface area (Å²) in [5, 5.41) is 14.2. The van der Waals surface area contributed by atoms with Gasteiger partial charge in [-0.05, 0) is 47.6 Å². The maximum absolute atomic E-state index is 13.0. The van der Waals surface area contributed by atoms with Crippen LogP contribution in [0, 0.1) is 5.92 Å². The molecular formula is C21H22N2O3S3. The van der Waals surface area contributed by atoms with E-state index in [1.54, 1.807) is 23.5 Å². The molecule has 1 atom stereocenters. The summed E-state index contributed by atoms with van der Waals surface area (Å²) in [4.78, 5) is 28.8. The molecule has 0 spiro atoms. The maximum Gasteiger partial charge on any atom is 0.266 e. The van der Waals surface area contributed by atoms with Crippen LogP contribution < -0.4 is 5.32 Å². The van der Waals surface area contributed by atoms with Gasteiger partial charge in [0.25, 0.3) is 5.91 Å². The van der Waals surface area contributed by atoms with Gasteiger partial charge in [0.1, 0.15) is 16.1 Å². The molecule has 1 aromatic carbocycles. The third kappa shape index (κ3) is 5.26. The second-order valence-electron chi connectivity index (χ2n) is 6.96. The standard InChI is InChI=1S/C21H22N2O3S3/c1-13(2)18(19(25)22-10-9-14-5-7-15(24)8-6-14)23-20(26)17(29-21(23)27)12-16-4-3-11-28-16/h3-8,11-13,18,24H,9-10H2,1-2H3,(H,22,25)/b17-12+/t18-/m0/s1. The molecule has 0 bridgehead atoms. The Balaban J connectivity index is 1.68. The minimum Gasteiger partial charge on any atom is -0.508 e. The zero-order chi connectivity index (χ0) is 21.0. The highest BCUT2D eigenvalue weighted by molar-refractivity contribution is 8.26. The molecule has 0 saturated carbocycles. The molecule has 2 N–H and O–H groups in total. The number of carbonyl (C=O) groups excluding carboxylic acids is 2. The lowest BCUT2D eigenvalue weighted by molar-refractivity contribution is -0.134. The molecule has 152 valence electrons. The highest BCUT2D eigenvalue weighted by Crippen LogP contribution is 2.36. The fourth-order valence-electron chi connectivity index (χ4n) is 3.04. The molecular weight excluding hydrogens is 424 g/mol. The van der Waals surface area contributed by atoms with E-state index in [0.29, 0.717) is 22.2 Å². The van der Waals surface area contributed by atoms with Crippen molar-refractivity contribution in [2.75, 3.05) is 6.54 Å². The van der Waals surface area contributed by atoms with Gasteiger partial charge in [0, 0.05) is 11.4 Å². The topological polar surface area (TPSA) is 69.6 Å². The van der Waals surface area contributed by atoms with Gasteiger partial charge < -0.3 is 10.4 Å². The number of benzene rings is 1. The second kappa shape index (κ2) is 9.56. The number of thiophene rings is 1. The van der Waals surface area contributed by atoms with Crippen LogP contribution in [-0.2, 0) is 16.0 Å². The van der Waals surface area contributed by atoms with Crippen LogP contribution in [0.15, 0.2) is 46.7 Å².